The highest BCUT2D eigenvalue weighted by atomic mass is 31.2. The number of rotatable bonds is 18. The SMILES string of the molecule is CP(=O)(O)OCCOCCOCCOCCOCCOCCN. The van der Waals surface area contributed by atoms with Crippen LogP contribution in [0.25, 0.3) is 0 Å². The van der Waals surface area contributed by atoms with Crippen LogP contribution in [0.1, 0.15) is 0 Å². The minimum Gasteiger partial charge on any atom is -0.378 e. The van der Waals surface area contributed by atoms with Gasteiger partial charge in [-0.05, 0) is 0 Å². The van der Waals surface area contributed by atoms with E-state index in [4.69, 9.17) is 34.3 Å². The molecule has 1 unspecified atom stereocenters. The molecular weight excluding hydrogens is 329 g/mol. The van der Waals surface area contributed by atoms with Gasteiger partial charge in [0.2, 0.25) is 0 Å². The van der Waals surface area contributed by atoms with Crippen LogP contribution in [-0.4, -0.2) is 90.8 Å². The molecule has 0 aromatic rings. The maximum Gasteiger partial charge on any atom is 0.325 e. The lowest BCUT2D eigenvalue weighted by Gasteiger charge is -2.08. The second kappa shape index (κ2) is 16.8. The van der Waals surface area contributed by atoms with Crippen molar-refractivity contribution in [1.82, 2.24) is 0 Å². The molecule has 3 N–H and O–H groups in total. The van der Waals surface area contributed by atoms with E-state index in [1.54, 1.807) is 0 Å². The summed E-state index contributed by atoms with van der Waals surface area (Å²) in [5.74, 6) is 0. The van der Waals surface area contributed by atoms with Crippen LogP contribution in [0.5, 0.6) is 0 Å². The van der Waals surface area contributed by atoms with Crippen molar-refractivity contribution in [1.29, 1.82) is 0 Å². The van der Waals surface area contributed by atoms with Crippen LogP contribution in [-0.2, 0) is 32.8 Å². The van der Waals surface area contributed by atoms with Crippen LogP contribution in [0.2, 0.25) is 0 Å². The summed E-state index contributed by atoms with van der Waals surface area (Å²) >= 11 is 0. The van der Waals surface area contributed by atoms with Gasteiger partial charge in [-0.1, -0.05) is 0 Å². The molecule has 0 aliphatic rings. The molecule has 9 nitrogen and oxygen atoms in total. The van der Waals surface area contributed by atoms with E-state index < -0.39 is 7.60 Å². The Morgan fingerprint density at radius 3 is 1.30 bits per heavy atom. The van der Waals surface area contributed by atoms with Gasteiger partial charge in [0.25, 0.3) is 0 Å². The maximum absolute atomic E-state index is 10.8. The molecule has 23 heavy (non-hydrogen) atoms. The van der Waals surface area contributed by atoms with E-state index in [1.807, 2.05) is 0 Å². The lowest BCUT2D eigenvalue weighted by atomic mass is 10.7. The normalized spacial score (nSPS) is 14.0. The second-order valence-corrected chi connectivity index (χ2v) is 6.35. The van der Waals surface area contributed by atoms with Gasteiger partial charge in [-0.15, -0.1) is 0 Å². The van der Waals surface area contributed by atoms with Gasteiger partial charge in [-0.25, -0.2) is 0 Å². The monoisotopic (exact) mass is 359 g/mol. The molecule has 0 aliphatic heterocycles. The average molecular weight is 359 g/mol. The van der Waals surface area contributed by atoms with Crippen molar-refractivity contribution in [3.63, 3.8) is 0 Å². The predicted octanol–water partition coefficient (Wildman–Crippen LogP) is -0.140. The van der Waals surface area contributed by atoms with Gasteiger partial charge in [0.05, 0.1) is 72.7 Å². The summed E-state index contributed by atoms with van der Waals surface area (Å²) < 4.78 is 41.6. The molecule has 1 atom stereocenters. The zero-order valence-corrected chi connectivity index (χ0v) is 14.7. The Balaban J connectivity index is 3.01. The zero-order chi connectivity index (χ0) is 17.2. The number of ether oxygens (including phenoxy) is 5. The first-order valence-corrected chi connectivity index (χ1v) is 9.62. The van der Waals surface area contributed by atoms with Crippen LogP contribution in [0.4, 0.5) is 0 Å². The quantitative estimate of drug-likeness (QED) is 0.254. The Hall–Kier alpha value is -0.0900. The Labute approximate surface area is 137 Å². The molecule has 0 spiro atoms. The van der Waals surface area contributed by atoms with Gasteiger partial charge in [-0.3, -0.25) is 4.57 Å². The summed E-state index contributed by atoms with van der Waals surface area (Å²) in [6.07, 6.45) is 0. The van der Waals surface area contributed by atoms with E-state index in [1.165, 1.54) is 0 Å². The third kappa shape index (κ3) is 21.9. The number of hydrogen-bond donors (Lipinski definition) is 2. The Kier molecular flexibility index (Phi) is 16.7. The molecule has 0 bridgehead atoms. The highest BCUT2D eigenvalue weighted by Gasteiger charge is 2.08. The summed E-state index contributed by atoms with van der Waals surface area (Å²) in [7, 11) is -3.41. The Morgan fingerprint density at radius 2 is 1.00 bits per heavy atom. The third-order valence-electron chi connectivity index (χ3n) is 2.31. The molecule has 0 rings (SSSR count). The first-order chi connectivity index (χ1) is 11.1. The molecule has 0 aromatic carbocycles. The summed E-state index contributed by atoms with van der Waals surface area (Å²) in [5.41, 5.74) is 5.27. The van der Waals surface area contributed by atoms with Crippen LogP contribution >= 0.6 is 7.60 Å². The molecule has 0 heterocycles. The van der Waals surface area contributed by atoms with Gasteiger partial charge < -0.3 is 38.8 Å². The lowest BCUT2D eigenvalue weighted by Crippen LogP contribution is -2.15. The largest absolute Gasteiger partial charge is 0.378 e. The highest BCUT2D eigenvalue weighted by Crippen LogP contribution is 2.35. The molecule has 0 radical (unpaired) electrons. The Bertz CT molecular complexity index is 289. The molecule has 0 aliphatic carbocycles. The summed E-state index contributed by atoms with van der Waals surface area (Å²) in [5, 5.41) is 0. The maximum atomic E-state index is 10.8. The second-order valence-electron chi connectivity index (χ2n) is 4.49. The van der Waals surface area contributed by atoms with E-state index in [0.29, 0.717) is 66.0 Å². The van der Waals surface area contributed by atoms with E-state index in [9.17, 15) is 4.57 Å². The minimum absolute atomic E-state index is 0.0879. The summed E-state index contributed by atoms with van der Waals surface area (Å²) in [4.78, 5) is 8.86. The van der Waals surface area contributed by atoms with Crippen LogP contribution in [0.3, 0.4) is 0 Å². The first kappa shape index (κ1) is 22.9. The minimum atomic E-state index is -3.41. The van der Waals surface area contributed by atoms with Gasteiger partial charge in [0, 0.05) is 13.2 Å². The molecule has 10 heteroatoms. The van der Waals surface area contributed by atoms with E-state index in [2.05, 4.69) is 4.52 Å². The number of hydrogen-bond acceptors (Lipinski definition) is 8. The Morgan fingerprint density at radius 1 is 0.696 bits per heavy atom. The fraction of sp³-hybridized carbons (Fsp3) is 1.00. The van der Waals surface area contributed by atoms with E-state index in [0.717, 1.165) is 6.66 Å². The van der Waals surface area contributed by atoms with Crippen LogP contribution in [0, 0.1) is 0 Å². The van der Waals surface area contributed by atoms with Crippen LogP contribution in [0.15, 0.2) is 0 Å². The fourth-order valence-electron chi connectivity index (χ4n) is 1.33. The van der Waals surface area contributed by atoms with Crippen molar-refractivity contribution < 1.29 is 37.7 Å². The smallest absolute Gasteiger partial charge is 0.325 e. The lowest BCUT2D eigenvalue weighted by molar-refractivity contribution is -0.0124. The first-order valence-electron chi connectivity index (χ1n) is 7.60. The van der Waals surface area contributed by atoms with Gasteiger partial charge in [0.1, 0.15) is 0 Å². The summed E-state index contributed by atoms with van der Waals surface area (Å²) in [6.45, 7) is 6.43. The van der Waals surface area contributed by atoms with E-state index in [-0.39, 0.29) is 13.2 Å². The molecule has 0 aromatic heterocycles. The molecule has 0 amide bonds. The van der Waals surface area contributed by atoms with Crippen molar-refractivity contribution in [2.45, 2.75) is 0 Å². The molecule has 0 saturated heterocycles. The van der Waals surface area contributed by atoms with Crippen molar-refractivity contribution in [3.05, 3.63) is 0 Å². The van der Waals surface area contributed by atoms with Crippen molar-refractivity contribution in [3.8, 4) is 0 Å². The summed E-state index contributed by atoms with van der Waals surface area (Å²) in [6, 6.07) is 0. The predicted molar refractivity (Wildman–Crippen MR) is 84.9 cm³/mol. The van der Waals surface area contributed by atoms with Gasteiger partial charge >= 0.3 is 7.60 Å². The fourth-order valence-corrected chi connectivity index (χ4v) is 1.74. The standard InChI is InChI=1S/C13H30NO8P/c1-23(15,16)22-13-12-21-11-10-20-9-8-19-7-6-18-5-4-17-3-2-14/h2-14H2,1H3,(H,15,16). The van der Waals surface area contributed by atoms with Crippen molar-refractivity contribution in [2.24, 2.45) is 5.73 Å². The molecular formula is C13H30NO8P. The van der Waals surface area contributed by atoms with Crippen molar-refractivity contribution >= 4 is 7.60 Å². The average Bonchev–Trinajstić information content (AvgIpc) is 2.49. The zero-order valence-electron chi connectivity index (χ0n) is 13.8. The van der Waals surface area contributed by atoms with Gasteiger partial charge in [-0.2, -0.15) is 0 Å². The molecule has 0 saturated carbocycles. The van der Waals surface area contributed by atoms with Gasteiger partial charge in [0.15, 0.2) is 0 Å². The molecule has 140 valence electrons. The highest BCUT2D eigenvalue weighted by molar-refractivity contribution is 7.51. The third-order valence-corrected chi connectivity index (χ3v) is 2.97. The van der Waals surface area contributed by atoms with Crippen LogP contribution < -0.4 is 5.73 Å². The molecule has 0 fully saturated rings. The topological polar surface area (TPSA) is 119 Å². The van der Waals surface area contributed by atoms with E-state index >= 15 is 0 Å². The van der Waals surface area contributed by atoms with Crippen molar-refractivity contribution in [2.75, 3.05) is 85.9 Å². The number of nitrogens with two attached hydrogens (primary N) is 1.